The first-order valence-electron chi connectivity index (χ1n) is 10.0. The molecule has 1 aliphatic heterocycles. The highest BCUT2D eigenvalue weighted by Crippen LogP contribution is 2.21. The van der Waals surface area contributed by atoms with Crippen molar-refractivity contribution in [3.05, 3.63) is 57.0 Å². The van der Waals surface area contributed by atoms with E-state index in [1.54, 1.807) is 15.9 Å². The molecule has 0 N–H and O–H groups in total. The molecule has 5 nitrogen and oxygen atoms in total. The summed E-state index contributed by atoms with van der Waals surface area (Å²) in [6.45, 7) is 4.46. The zero-order valence-electron chi connectivity index (χ0n) is 16.5. The number of aromatic nitrogens is 2. The first-order valence-corrected chi connectivity index (χ1v) is 11.9. The van der Waals surface area contributed by atoms with Gasteiger partial charge in [-0.2, -0.15) is 0 Å². The normalized spacial score (nSPS) is 15.1. The van der Waals surface area contributed by atoms with Crippen molar-refractivity contribution in [3.8, 4) is 0 Å². The van der Waals surface area contributed by atoms with Crippen molar-refractivity contribution >= 4 is 39.9 Å². The minimum absolute atomic E-state index is 0.0334. The van der Waals surface area contributed by atoms with E-state index < -0.39 is 0 Å². The second kappa shape index (κ2) is 9.13. The van der Waals surface area contributed by atoms with Crippen LogP contribution in [0.4, 0.5) is 0 Å². The molecule has 3 heterocycles. The molecule has 0 bridgehead atoms. The molecular formula is C22H25N3O2S2. The number of piperidine rings is 1. The number of aryl methyl sites for hydroxylation is 1. The summed E-state index contributed by atoms with van der Waals surface area (Å²) in [6.07, 6.45) is 2.91. The van der Waals surface area contributed by atoms with Crippen molar-refractivity contribution < 1.29 is 4.79 Å². The number of thiophene rings is 1. The molecule has 1 aliphatic rings. The Bertz CT molecular complexity index is 1040. The third kappa shape index (κ3) is 4.73. The Morgan fingerprint density at radius 1 is 1.21 bits per heavy atom. The summed E-state index contributed by atoms with van der Waals surface area (Å²) in [5.74, 6) is 1.14. The van der Waals surface area contributed by atoms with E-state index in [1.807, 2.05) is 40.6 Å². The molecule has 1 amide bonds. The molecule has 2 aromatic heterocycles. The smallest absolute Gasteiger partial charge is 0.262 e. The van der Waals surface area contributed by atoms with Crippen LogP contribution in [-0.4, -0.2) is 39.2 Å². The summed E-state index contributed by atoms with van der Waals surface area (Å²) in [4.78, 5) is 33.7. The van der Waals surface area contributed by atoms with Crippen LogP contribution in [0, 0.1) is 5.92 Å². The van der Waals surface area contributed by atoms with E-state index >= 15 is 0 Å². The first-order chi connectivity index (χ1) is 14.1. The van der Waals surface area contributed by atoms with Gasteiger partial charge in [0, 0.05) is 24.5 Å². The van der Waals surface area contributed by atoms with Gasteiger partial charge in [0.25, 0.3) is 5.56 Å². The molecule has 0 saturated carbocycles. The number of hydrogen-bond donors (Lipinski definition) is 0. The van der Waals surface area contributed by atoms with Crippen LogP contribution >= 0.6 is 23.1 Å². The number of para-hydroxylation sites is 1. The molecule has 1 aromatic carbocycles. The minimum atomic E-state index is -0.0334. The predicted octanol–water partition coefficient (Wildman–Crippen LogP) is 4.05. The maximum Gasteiger partial charge on any atom is 0.262 e. The number of hydrogen-bond acceptors (Lipinski definition) is 5. The second-order valence-corrected chi connectivity index (χ2v) is 9.52. The average molecular weight is 428 g/mol. The standard InChI is InChI=1S/C22H25N3O2S2/c1-16-8-11-24(12-9-16)20(26)15-29-22-23-19-7-3-2-6-18(19)21(27)25(22)13-10-17-5-4-14-28-17/h2-7,14,16H,8-13,15H2,1H3. The lowest BCUT2D eigenvalue weighted by atomic mass is 9.99. The maximum atomic E-state index is 13.1. The van der Waals surface area contributed by atoms with Crippen LogP contribution < -0.4 is 5.56 Å². The van der Waals surface area contributed by atoms with Gasteiger partial charge in [-0.3, -0.25) is 14.2 Å². The van der Waals surface area contributed by atoms with Crippen LogP contribution in [0.3, 0.4) is 0 Å². The van der Waals surface area contributed by atoms with Gasteiger partial charge in [0.05, 0.1) is 16.7 Å². The largest absolute Gasteiger partial charge is 0.342 e. The van der Waals surface area contributed by atoms with Gasteiger partial charge >= 0.3 is 0 Å². The van der Waals surface area contributed by atoms with Crippen LogP contribution in [-0.2, 0) is 17.8 Å². The quantitative estimate of drug-likeness (QED) is 0.440. The summed E-state index contributed by atoms with van der Waals surface area (Å²) in [7, 11) is 0. The Hall–Kier alpha value is -2.12. The van der Waals surface area contributed by atoms with Crippen LogP contribution in [0.5, 0.6) is 0 Å². The van der Waals surface area contributed by atoms with Crippen molar-refractivity contribution in [2.45, 2.75) is 37.9 Å². The van der Waals surface area contributed by atoms with E-state index in [2.05, 4.69) is 13.0 Å². The Kier molecular flexibility index (Phi) is 6.35. The third-order valence-corrected chi connectivity index (χ3v) is 7.35. The van der Waals surface area contributed by atoms with Crippen LogP contribution in [0.1, 0.15) is 24.6 Å². The summed E-state index contributed by atoms with van der Waals surface area (Å²) in [6, 6.07) is 11.5. The highest BCUT2D eigenvalue weighted by Gasteiger charge is 2.21. The molecule has 0 unspecified atom stereocenters. The van der Waals surface area contributed by atoms with Crippen molar-refractivity contribution in [2.24, 2.45) is 5.92 Å². The molecule has 7 heteroatoms. The number of nitrogens with zero attached hydrogens (tertiary/aromatic N) is 3. The minimum Gasteiger partial charge on any atom is -0.342 e. The van der Waals surface area contributed by atoms with Gasteiger partial charge in [0.1, 0.15) is 0 Å². The average Bonchev–Trinajstić information content (AvgIpc) is 3.25. The molecule has 4 rings (SSSR count). The third-order valence-electron chi connectivity index (χ3n) is 5.45. The number of benzene rings is 1. The molecular weight excluding hydrogens is 402 g/mol. The monoisotopic (exact) mass is 427 g/mol. The molecule has 0 spiro atoms. The van der Waals surface area contributed by atoms with Gasteiger partial charge in [-0.15, -0.1) is 11.3 Å². The van der Waals surface area contributed by atoms with E-state index in [0.717, 1.165) is 32.4 Å². The lowest BCUT2D eigenvalue weighted by Crippen LogP contribution is -2.39. The highest BCUT2D eigenvalue weighted by molar-refractivity contribution is 7.99. The van der Waals surface area contributed by atoms with E-state index in [0.29, 0.717) is 34.3 Å². The molecule has 1 fully saturated rings. The molecule has 0 atom stereocenters. The van der Waals surface area contributed by atoms with Crippen molar-refractivity contribution in [2.75, 3.05) is 18.8 Å². The van der Waals surface area contributed by atoms with Gasteiger partial charge < -0.3 is 4.90 Å². The molecule has 1 saturated heterocycles. The van der Waals surface area contributed by atoms with Gasteiger partial charge in [0.2, 0.25) is 5.91 Å². The Morgan fingerprint density at radius 2 is 2.00 bits per heavy atom. The van der Waals surface area contributed by atoms with E-state index in [-0.39, 0.29) is 11.5 Å². The fourth-order valence-electron chi connectivity index (χ4n) is 3.61. The predicted molar refractivity (Wildman–Crippen MR) is 120 cm³/mol. The number of amides is 1. The van der Waals surface area contributed by atoms with E-state index in [1.165, 1.54) is 16.6 Å². The van der Waals surface area contributed by atoms with Gasteiger partial charge in [-0.05, 0) is 48.8 Å². The summed E-state index contributed by atoms with van der Waals surface area (Å²) >= 11 is 3.07. The van der Waals surface area contributed by atoms with Crippen LogP contribution in [0.25, 0.3) is 10.9 Å². The van der Waals surface area contributed by atoms with Crippen LogP contribution in [0.15, 0.2) is 51.7 Å². The molecule has 0 aliphatic carbocycles. The van der Waals surface area contributed by atoms with E-state index in [4.69, 9.17) is 4.98 Å². The fraction of sp³-hybridized carbons (Fsp3) is 0.409. The number of carbonyl (C=O) groups excluding carboxylic acids is 1. The van der Waals surface area contributed by atoms with Gasteiger partial charge in [-0.25, -0.2) is 4.98 Å². The van der Waals surface area contributed by atoms with Gasteiger partial charge in [0.15, 0.2) is 5.16 Å². The fourth-order valence-corrected chi connectivity index (χ4v) is 5.23. The summed E-state index contributed by atoms with van der Waals surface area (Å²) in [5.41, 5.74) is 0.653. The molecule has 3 aromatic rings. The Balaban J connectivity index is 1.55. The lowest BCUT2D eigenvalue weighted by Gasteiger charge is -2.30. The second-order valence-electron chi connectivity index (χ2n) is 7.55. The number of thioether (sulfide) groups is 1. The van der Waals surface area contributed by atoms with E-state index in [9.17, 15) is 9.59 Å². The maximum absolute atomic E-state index is 13.1. The first kappa shape index (κ1) is 20.2. The molecule has 0 radical (unpaired) electrons. The van der Waals surface area contributed by atoms with Crippen molar-refractivity contribution in [1.82, 2.24) is 14.5 Å². The lowest BCUT2D eigenvalue weighted by molar-refractivity contribution is -0.129. The topological polar surface area (TPSA) is 55.2 Å². The zero-order chi connectivity index (χ0) is 20.2. The van der Waals surface area contributed by atoms with Crippen molar-refractivity contribution in [3.63, 3.8) is 0 Å². The molecule has 152 valence electrons. The summed E-state index contributed by atoms with van der Waals surface area (Å²) < 4.78 is 1.73. The van der Waals surface area contributed by atoms with Crippen LogP contribution in [0.2, 0.25) is 0 Å². The number of fused-ring (bicyclic) bond motifs is 1. The molecule has 29 heavy (non-hydrogen) atoms. The Labute approximate surface area is 178 Å². The Morgan fingerprint density at radius 3 is 2.76 bits per heavy atom. The van der Waals surface area contributed by atoms with Gasteiger partial charge in [-0.1, -0.05) is 36.9 Å². The number of carbonyl (C=O) groups is 1. The number of rotatable bonds is 6. The summed E-state index contributed by atoms with van der Waals surface area (Å²) in [5, 5.41) is 3.30. The SMILES string of the molecule is CC1CCN(C(=O)CSc2nc3ccccc3c(=O)n2CCc2cccs2)CC1. The number of likely N-dealkylation sites (tertiary alicyclic amines) is 1. The van der Waals surface area contributed by atoms with Crippen molar-refractivity contribution in [1.29, 1.82) is 0 Å². The zero-order valence-corrected chi connectivity index (χ0v) is 18.2. The highest BCUT2D eigenvalue weighted by atomic mass is 32.2.